The second-order valence-corrected chi connectivity index (χ2v) is 27.7. The van der Waals surface area contributed by atoms with Gasteiger partial charge in [-0.1, -0.05) is 391 Å². The van der Waals surface area contributed by atoms with E-state index >= 15 is 0 Å². The number of aliphatic hydroxyl groups excluding tert-OH is 2. The lowest BCUT2D eigenvalue weighted by Gasteiger charge is -2.22. The molecule has 0 bridgehead atoms. The maximum absolute atomic E-state index is 12.5. The Labute approximate surface area is 551 Å². The van der Waals surface area contributed by atoms with E-state index in [-0.39, 0.29) is 18.5 Å². The molecule has 0 aromatic heterocycles. The van der Waals surface area contributed by atoms with Crippen LogP contribution in [0.5, 0.6) is 0 Å². The van der Waals surface area contributed by atoms with Gasteiger partial charge in [0.2, 0.25) is 5.91 Å². The number of unbranched alkanes of at least 4 members (excludes halogenated alkanes) is 59. The monoisotopic (exact) mass is 1240 g/mol. The van der Waals surface area contributed by atoms with Crippen molar-refractivity contribution >= 4 is 11.9 Å². The van der Waals surface area contributed by atoms with Gasteiger partial charge in [0, 0.05) is 12.8 Å². The molecule has 0 saturated heterocycles. The highest BCUT2D eigenvalue weighted by molar-refractivity contribution is 5.76. The van der Waals surface area contributed by atoms with E-state index in [1.165, 1.54) is 366 Å². The maximum atomic E-state index is 12.5. The Morgan fingerprint density at radius 3 is 0.886 bits per heavy atom. The lowest BCUT2D eigenvalue weighted by Crippen LogP contribution is -2.45. The number of amides is 1. The first-order chi connectivity index (χ1) is 43.5. The molecule has 0 heterocycles. The second kappa shape index (κ2) is 77.5. The van der Waals surface area contributed by atoms with Gasteiger partial charge in [0.15, 0.2) is 0 Å². The van der Waals surface area contributed by atoms with E-state index in [1.807, 2.05) is 0 Å². The fourth-order valence-corrected chi connectivity index (χ4v) is 12.8. The zero-order chi connectivity index (χ0) is 63.5. The van der Waals surface area contributed by atoms with Crippen molar-refractivity contribution in [3.05, 3.63) is 36.5 Å². The number of rotatable bonds is 76. The summed E-state index contributed by atoms with van der Waals surface area (Å²) in [6, 6.07) is -0.538. The van der Waals surface area contributed by atoms with Crippen LogP contribution in [0.3, 0.4) is 0 Å². The van der Waals surface area contributed by atoms with Crippen molar-refractivity contribution in [2.75, 3.05) is 13.2 Å². The second-order valence-electron chi connectivity index (χ2n) is 27.7. The molecule has 6 nitrogen and oxygen atoms in total. The van der Waals surface area contributed by atoms with E-state index in [0.717, 1.165) is 51.4 Å². The zero-order valence-corrected chi connectivity index (χ0v) is 59.7. The molecule has 0 rings (SSSR count). The number of hydrogen-bond acceptors (Lipinski definition) is 5. The molecule has 6 heteroatoms. The van der Waals surface area contributed by atoms with Gasteiger partial charge in [-0.2, -0.15) is 0 Å². The molecule has 2 unspecified atom stereocenters. The van der Waals surface area contributed by atoms with E-state index in [4.69, 9.17) is 4.74 Å². The molecule has 0 radical (unpaired) electrons. The third-order valence-corrected chi connectivity index (χ3v) is 18.9. The highest BCUT2D eigenvalue weighted by atomic mass is 16.5. The van der Waals surface area contributed by atoms with Crippen molar-refractivity contribution in [2.45, 2.75) is 463 Å². The average molecular weight is 1240 g/mol. The number of carbonyl (C=O) groups is 2. The Kier molecular flexibility index (Phi) is 75.8. The smallest absolute Gasteiger partial charge is 0.305 e. The van der Waals surface area contributed by atoms with Gasteiger partial charge in [0.1, 0.15) is 0 Å². The third kappa shape index (κ3) is 73.1. The lowest BCUT2D eigenvalue weighted by atomic mass is 10.0. The van der Waals surface area contributed by atoms with E-state index < -0.39 is 12.1 Å². The van der Waals surface area contributed by atoms with E-state index in [0.29, 0.717) is 25.9 Å². The molecule has 0 aliphatic rings. The molecular weight excluding hydrogens is 1080 g/mol. The van der Waals surface area contributed by atoms with Crippen LogP contribution in [-0.2, 0) is 14.3 Å². The molecule has 1 amide bonds. The number of ether oxygens (including phenoxy) is 1. The summed E-state index contributed by atoms with van der Waals surface area (Å²) in [5.41, 5.74) is 0. The number of esters is 1. The minimum absolute atomic E-state index is 0.0148. The summed E-state index contributed by atoms with van der Waals surface area (Å²) in [6.07, 6.45) is 101. The SMILES string of the molecule is CCCCCC/C=C\C/C=C\CCCCCCCCCC(=O)OCCCCCCCCCCCCCCCCCC/C=C\CCCCCCCCCCCCCCCCCCCC(=O)NC(CO)C(O)CCCCCCCCCCCCCCCCCC. The van der Waals surface area contributed by atoms with Gasteiger partial charge in [-0.15, -0.1) is 0 Å². The number of allylic oxidation sites excluding steroid dienone is 6. The van der Waals surface area contributed by atoms with Gasteiger partial charge in [-0.25, -0.2) is 0 Å². The highest BCUT2D eigenvalue weighted by Gasteiger charge is 2.20. The number of carbonyl (C=O) groups excluding carboxylic acids is 2. The van der Waals surface area contributed by atoms with Crippen LogP contribution in [0.25, 0.3) is 0 Å². The summed E-state index contributed by atoms with van der Waals surface area (Å²) in [7, 11) is 0. The lowest BCUT2D eigenvalue weighted by molar-refractivity contribution is -0.143. The van der Waals surface area contributed by atoms with Gasteiger partial charge in [-0.05, 0) is 83.5 Å². The Morgan fingerprint density at radius 1 is 0.318 bits per heavy atom. The molecule has 0 aromatic carbocycles. The van der Waals surface area contributed by atoms with Gasteiger partial charge in [-0.3, -0.25) is 9.59 Å². The van der Waals surface area contributed by atoms with E-state index in [9.17, 15) is 19.8 Å². The third-order valence-electron chi connectivity index (χ3n) is 18.9. The van der Waals surface area contributed by atoms with Crippen LogP contribution in [0.2, 0.25) is 0 Å². The van der Waals surface area contributed by atoms with Crippen LogP contribution >= 0.6 is 0 Å². The normalized spacial score (nSPS) is 12.6. The van der Waals surface area contributed by atoms with Gasteiger partial charge < -0.3 is 20.3 Å². The first kappa shape index (κ1) is 86.1. The number of hydrogen-bond donors (Lipinski definition) is 3. The van der Waals surface area contributed by atoms with Crippen LogP contribution < -0.4 is 5.32 Å². The van der Waals surface area contributed by atoms with Crippen LogP contribution in [0.1, 0.15) is 450 Å². The maximum Gasteiger partial charge on any atom is 0.305 e. The minimum Gasteiger partial charge on any atom is -0.466 e. The molecule has 0 fully saturated rings. The Balaban J connectivity index is 3.32. The summed E-state index contributed by atoms with van der Waals surface area (Å²) >= 11 is 0. The molecule has 520 valence electrons. The first-order valence-electron chi connectivity index (χ1n) is 40.2. The van der Waals surface area contributed by atoms with Crippen molar-refractivity contribution in [3.8, 4) is 0 Å². The molecule has 0 aliphatic heterocycles. The summed E-state index contributed by atoms with van der Waals surface area (Å²) < 4.78 is 5.51. The van der Waals surface area contributed by atoms with Crippen LogP contribution in [0.4, 0.5) is 0 Å². The molecule has 2 atom stereocenters. The molecule has 0 saturated carbocycles. The summed E-state index contributed by atoms with van der Waals surface area (Å²) in [5, 5.41) is 23.4. The highest BCUT2D eigenvalue weighted by Crippen LogP contribution is 2.20. The predicted octanol–water partition coefficient (Wildman–Crippen LogP) is 26.6. The van der Waals surface area contributed by atoms with Crippen LogP contribution in [0.15, 0.2) is 36.5 Å². The average Bonchev–Trinajstić information content (AvgIpc) is 3.59. The summed E-state index contributed by atoms with van der Waals surface area (Å²) in [4.78, 5) is 24.6. The van der Waals surface area contributed by atoms with Crippen molar-refractivity contribution in [1.82, 2.24) is 5.32 Å². The van der Waals surface area contributed by atoms with Crippen LogP contribution in [0, 0.1) is 0 Å². The number of aliphatic hydroxyl groups is 2. The first-order valence-corrected chi connectivity index (χ1v) is 40.2. The minimum atomic E-state index is -0.662. The summed E-state index contributed by atoms with van der Waals surface area (Å²) in [6.45, 7) is 4.98. The van der Waals surface area contributed by atoms with E-state index in [2.05, 4.69) is 55.6 Å². The molecular formula is C82H157NO5. The molecule has 88 heavy (non-hydrogen) atoms. The van der Waals surface area contributed by atoms with Gasteiger partial charge in [0.25, 0.3) is 0 Å². The fraction of sp³-hybridized carbons (Fsp3) is 0.902. The fourth-order valence-electron chi connectivity index (χ4n) is 12.8. The largest absolute Gasteiger partial charge is 0.466 e. The molecule has 3 N–H and O–H groups in total. The van der Waals surface area contributed by atoms with E-state index in [1.54, 1.807) is 0 Å². The quantitative estimate of drug-likeness (QED) is 0.0320. The number of nitrogens with one attached hydrogen (secondary N) is 1. The standard InChI is InChI=1S/C82H157NO5/c1-3-5-7-9-11-13-15-17-19-21-44-48-52-56-60-64-68-72-76-82(87)88-77-73-69-65-61-57-53-49-45-42-40-38-36-34-32-30-28-26-24-22-23-25-27-29-31-33-35-37-39-41-43-47-51-55-59-63-67-71-75-81(86)83-79(78-84)80(85)74-70-66-62-58-54-50-46-20-18-16-14-12-10-8-6-4-2/h13,15,19,21-22,24,79-80,84-85H,3-12,14,16-18,20,23,25-78H2,1-2H3,(H,83,86)/b15-13-,21-19-,24-22-. The van der Waals surface area contributed by atoms with Crippen molar-refractivity contribution < 1.29 is 24.5 Å². The predicted molar refractivity (Wildman–Crippen MR) is 389 cm³/mol. The zero-order valence-electron chi connectivity index (χ0n) is 59.7. The van der Waals surface area contributed by atoms with Gasteiger partial charge >= 0.3 is 5.97 Å². The Hall–Kier alpha value is -1.92. The van der Waals surface area contributed by atoms with Crippen molar-refractivity contribution in [2.24, 2.45) is 0 Å². The van der Waals surface area contributed by atoms with Crippen LogP contribution in [-0.4, -0.2) is 47.4 Å². The van der Waals surface area contributed by atoms with Crippen molar-refractivity contribution in [3.63, 3.8) is 0 Å². The molecule has 0 aromatic rings. The van der Waals surface area contributed by atoms with Crippen molar-refractivity contribution in [1.29, 1.82) is 0 Å². The summed E-state index contributed by atoms with van der Waals surface area (Å²) in [5.74, 6) is -0.0125. The molecule has 0 spiro atoms. The Bertz CT molecular complexity index is 1430. The van der Waals surface area contributed by atoms with Gasteiger partial charge in [0.05, 0.1) is 25.4 Å². The topological polar surface area (TPSA) is 95.9 Å². The molecule has 0 aliphatic carbocycles. The Morgan fingerprint density at radius 2 is 0.568 bits per heavy atom.